The Bertz CT molecular complexity index is 552. The summed E-state index contributed by atoms with van der Waals surface area (Å²) in [6.07, 6.45) is 2.70. The van der Waals surface area contributed by atoms with E-state index in [4.69, 9.17) is 5.73 Å². The molecule has 2 atom stereocenters. The fraction of sp³-hybridized carbons (Fsp3) is 0.538. The second kappa shape index (κ2) is 4.24. The summed E-state index contributed by atoms with van der Waals surface area (Å²) >= 11 is 0. The van der Waals surface area contributed by atoms with Crippen molar-refractivity contribution in [2.45, 2.75) is 26.3 Å². The number of nitrogens with zero attached hydrogens (tertiary/aromatic N) is 4. The van der Waals surface area contributed by atoms with Gasteiger partial charge in [-0.2, -0.15) is 9.61 Å². The van der Waals surface area contributed by atoms with Crippen molar-refractivity contribution < 1.29 is 0 Å². The molecule has 0 aromatic carbocycles. The second-order valence-electron chi connectivity index (χ2n) is 5.43. The van der Waals surface area contributed by atoms with Gasteiger partial charge in [0.15, 0.2) is 5.65 Å². The zero-order chi connectivity index (χ0) is 12.7. The van der Waals surface area contributed by atoms with E-state index in [0.29, 0.717) is 5.92 Å². The van der Waals surface area contributed by atoms with E-state index in [-0.39, 0.29) is 6.04 Å². The van der Waals surface area contributed by atoms with Crippen molar-refractivity contribution in [3.63, 3.8) is 0 Å². The van der Waals surface area contributed by atoms with Crippen molar-refractivity contribution in [2.75, 3.05) is 18.0 Å². The van der Waals surface area contributed by atoms with Crippen LogP contribution in [0, 0.1) is 12.8 Å². The molecule has 0 amide bonds. The third-order valence-electron chi connectivity index (χ3n) is 3.52. The third kappa shape index (κ3) is 1.95. The lowest BCUT2D eigenvalue weighted by atomic mass is 9.96. The van der Waals surface area contributed by atoms with E-state index >= 15 is 0 Å². The van der Waals surface area contributed by atoms with Gasteiger partial charge < -0.3 is 10.6 Å². The Balaban J connectivity index is 2.05. The first-order valence-electron chi connectivity index (χ1n) is 6.44. The van der Waals surface area contributed by atoms with Crippen LogP contribution in [0.25, 0.3) is 5.65 Å². The Hall–Kier alpha value is -1.62. The predicted octanol–water partition coefficient (Wildman–Crippen LogP) is 1.21. The van der Waals surface area contributed by atoms with E-state index in [1.54, 1.807) is 6.33 Å². The summed E-state index contributed by atoms with van der Waals surface area (Å²) in [5, 5.41) is 4.31. The maximum Gasteiger partial charge on any atom is 0.157 e. The molecule has 1 aliphatic heterocycles. The number of hydrogen-bond donors (Lipinski definition) is 1. The van der Waals surface area contributed by atoms with Crippen LogP contribution < -0.4 is 10.6 Å². The van der Waals surface area contributed by atoms with Gasteiger partial charge in [0.05, 0.1) is 0 Å². The summed E-state index contributed by atoms with van der Waals surface area (Å²) in [7, 11) is 0. The molecular formula is C13H19N5. The molecule has 1 fully saturated rings. The zero-order valence-corrected chi connectivity index (χ0v) is 10.9. The van der Waals surface area contributed by atoms with Crippen LogP contribution in [0.3, 0.4) is 0 Å². The monoisotopic (exact) mass is 245 g/mol. The fourth-order valence-corrected chi connectivity index (χ4v) is 2.85. The smallest absolute Gasteiger partial charge is 0.157 e. The Morgan fingerprint density at radius 2 is 2.17 bits per heavy atom. The molecule has 0 aliphatic carbocycles. The van der Waals surface area contributed by atoms with Crippen molar-refractivity contribution in [3.05, 3.63) is 24.0 Å². The number of rotatable bonds is 1. The number of nitrogens with two attached hydrogens (primary N) is 1. The minimum Gasteiger partial charge on any atom is -0.355 e. The van der Waals surface area contributed by atoms with Gasteiger partial charge in [-0.3, -0.25) is 0 Å². The third-order valence-corrected chi connectivity index (χ3v) is 3.52. The van der Waals surface area contributed by atoms with Gasteiger partial charge in [0.1, 0.15) is 12.1 Å². The molecule has 18 heavy (non-hydrogen) atoms. The predicted molar refractivity (Wildman–Crippen MR) is 71.7 cm³/mol. The highest BCUT2D eigenvalue weighted by molar-refractivity contribution is 5.53. The molecule has 0 bridgehead atoms. The number of fused-ring (bicyclic) bond motifs is 1. The van der Waals surface area contributed by atoms with Gasteiger partial charge in [-0.15, -0.1) is 0 Å². The average Bonchev–Trinajstić information content (AvgIpc) is 2.74. The van der Waals surface area contributed by atoms with E-state index < -0.39 is 0 Å². The molecule has 0 radical (unpaired) electrons. The van der Waals surface area contributed by atoms with Gasteiger partial charge >= 0.3 is 0 Å². The van der Waals surface area contributed by atoms with Crippen molar-refractivity contribution in [3.8, 4) is 0 Å². The largest absolute Gasteiger partial charge is 0.355 e. The molecule has 2 aromatic rings. The lowest BCUT2D eigenvalue weighted by Crippen LogP contribution is -2.47. The highest BCUT2D eigenvalue weighted by atomic mass is 15.4. The number of anilines is 1. The van der Waals surface area contributed by atoms with E-state index in [1.165, 1.54) is 5.56 Å². The lowest BCUT2D eigenvalue weighted by molar-refractivity contribution is 0.398. The number of hydrogen-bond acceptors (Lipinski definition) is 4. The summed E-state index contributed by atoms with van der Waals surface area (Å²) in [6, 6.07) is 4.45. The van der Waals surface area contributed by atoms with E-state index in [1.807, 2.05) is 10.6 Å². The first-order valence-corrected chi connectivity index (χ1v) is 6.44. The van der Waals surface area contributed by atoms with Crippen LogP contribution in [0.4, 0.5) is 5.82 Å². The number of aryl methyl sites for hydroxylation is 1. The van der Waals surface area contributed by atoms with Gasteiger partial charge in [-0.25, -0.2) is 4.98 Å². The van der Waals surface area contributed by atoms with Crippen LogP contribution in [-0.4, -0.2) is 33.7 Å². The molecule has 0 spiro atoms. The molecule has 2 aromatic heterocycles. The van der Waals surface area contributed by atoms with Crippen molar-refractivity contribution >= 4 is 11.5 Å². The molecule has 2 N–H and O–H groups in total. The maximum atomic E-state index is 6.12. The number of aromatic nitrogens is 3. The normalized spacial score (nSPS) is 24.7. The van der Waals surface area contributed by atoms with Crippen molar-refractivity contribution in [1.29, 1.82) is 0 Å². The summed E-state index contributed by atoms with van der Waals surface area (Å²) in [5.41, 5.74) is 8.23. The minimum absolute atomic E-state index is 0.243. The van der Waals surface area contributed by atoms with Crippen LogP contribution in [0.2, 0.25) is 0 Å². The second-order valence-corrected chi connectivity index (χ2v) is 5.43. The van der Waals surface area contributed by atoms with Gasteiger partial charge in [0.25, 0.3) is 0 Å². The molecule has 3 heterocycles. The SMILES string of the molecule is Cc1cc(N2CC(C)CC(N)C2)n2ncnc2c1. The molecule has 2 unspecified atom stereocenters. The van der Waals surface area contributed by atoms with Crippen LogP contribution in [0.5, 0.6) is 0 Å². The topological polar surface area (TPSA) is 59.5 Å². The van der Waals surface area contributed by atoms with Gasteiger partial charge in [0.2, 0.25) is 0 Å². The van der Waals surface area contributed by atoms with Gasteiger partial charge in [-0.1, -0.05) is 6.92 Å². The van der Waals surface area contributed by atoms with E-state index in [0.717, 1.165) is 31.0 Å². The summed E-state index contributed by atoms with van der Waals surface area (Å²) in [5.74, 6) is 1.72. The van der Waals surface area contributed by atoms with Crippen molar-refractivity contribution in [2.24, 2.45) is 11.7 Å². The molecule has 96 valence electrons. The van der Waals surface area contributed by atoms with E-state index in [9.17, 15) is 0 Å². The lowest BCUT2D eigenvalue weighted by Gasteiger charge is -2.36. The molecule has 3 rings (SSSR count). The Kier molecular flexibility index (Phi) is 2.70. The summed E-state index contributed by atoms with van der Waals surface area (Å²) in [4.78, 5) is 6.59. The summed E-state index contributed by atoms with van der Waals surface area (Å²) < 4.78 is 1.90. The van der Waals surface area contributed by atoms with Gasteiger partial charge in [-0.05, 0) is 37.0 Å². The number of piperidine rings is 1. The molecule has 1 aliphatic rings. The fourth-order valence-electron chi connectivity index (χ4n) is 2.85. The highest BCUT2D eigenvalue weighted by Gasteiger charge is 2.24. The molecular weight excluding hydrogens is 226 g/mol. The molecule has 1 saturated heterocycles. The average molecular weight is 245 g/mol. The van der Waals surface area contributed by atoms with Crippen LogP contribution >= 0.6 is 0 Å². The maximum absolute atomic E-state index is 6.12. The minimum atomic E-state index is 0.243. The van der Waals surface area contributed by atoms with Crippen molar-refractivity contribution in [1.82, 2.24) is 14.6 Å². The van der Waals surface area contributed by atoms with E-state index in [2.05, 4.69) is 34.9 Å². The quantitative estimate of drug-likeness (QED) is 0.820. The first-order chi connectivity index (χ1) is 8.63. The van der Waals surface area contributed by atoms with Crippen LogP contribution in [0.1, 0.15) is 18.9 Å². The Morgan fingerprint density at radius 3 is 2.94 bits per heavy atom. The zero-order valence-electron chi connectivity index (χ0n) is 10.9. The summed E-state index contributed by atoms with van der Waals surface area (Å²) in [6.45, 7) is 6.26. The first kappa shape index (κ1) is 11.5. The highest BCUT2D eigenvalue weighted by Crippen LogP contribution is 2.23. The van der Waals surface area contributed by atoms with Gasteiger partial charge in [0, 0.05) is 19.1 Å². The Labute approximate surface area is 107 Å². The standard InChI is InChI=1S/C13H19N5/c1-9-4-12-15-8-16-18(12)13(5-9)17-6-10(2)3-11(14)7-17/h4-5,8,10-11H,3,6-7,14H2,1-2H3. The van der Waals surface area contributed by atoms with Crippen LogP contribution in [-0.2, 0) is 0 Å². The molecule has 5 nitrogen and oxygen atoms in total. The Morgan fingerprint density at radius 1 is 1.33 bits per heavy atom. The molecule has 0 saturated carbocycles. The molecule has 5 heteroatoms. The van der Waals surface area contributed by atoms with Crippen LogP contribution in [0.15, 0.2) is 18.5 Å². The number of pyridine rings is 1.